The first-order chi connectivity index (χ1) is 15.2. The molecule has 6 heteroatoms. The van der Waals surface area contributed by atoms with Crippen LogP contribution in [0.25, 0.3) is 11.8 Å². The van der Waals surface area contributed by atoms with E-state index in [-0.39, 0.29) is 17.4 Å². The molecule has 1 atom stereocenters. The lowest BCUT2D eigenvalue weighted by Gasteiger charge is -2.30. The summed E-state index contributed by atoms with van der Waals surface area (Å²) in [6, 6.07) is 18.6. The van der Waals surface area contributed by atoms with Crippen LogP contribution in [0, 0.1) is 5.82 Å². The molecule has 4 aromatic rings. The minimum absolute atomic E-state index is 0.0446. The molecule has 0 saturated carbocycles. The molecule has 0 unspecified atom stereocenters. The van der Waals surface area contributed by atoms with Crippen LogP contribution in [0.4, 0.5) is 4.39 Å². The second kappa shape index (κ2) is 7.25. The molecule has 2 aromatic carbocycles. The summed E-state index contributed by atoms with van der Waals surface area (Å²) < 4.78 is 15.8. The molecule has 0 radical (unpaired) electrons. The molecule has 31 heavy (non-hydrogen) atoms. The first kappa shape index (κ1) is 18.7. The monoisotopic (exact) mass is 444 g/mol. The van der Waals surface area contributed by atoms with E-state index in [0.717, 1.165) is 29.0 Å². The van der Waals surface area contributed by atoms with Crippen LogP contribution in [-0.2, 0) is 6.42 Å². The summed E-state index contributed by atoms with van der Waals surface area (Å²) in [5, 5.41) is 2.06. The summed E-state index contributed by atoms with van der Waals surface area (Å²) in [6.07, 6.45) is 3.66. The highest BCUT2D eigenvalue weighted by Crippen LogP contribution is 2.42. The maximum atomic E-state index is 13.5. The minimum Gasteiger partial charge on any atom is -0.271 e. The van der Waals surface area contributed by atoms with Gasteiger partial charge in [0.25, 0.3) is 5.56 Å². The van der Waals surface area contributed by atoms with E-state index >= 15 is 0 Å². The van der Waals surface area contributed by atoms with Gasteiger partial charge in [0.15, 0.2) is 4.80 Å². The normalized spacial score (nSPS) is 17.7. The van der Waals surface area contributed by atoms with Crippen molar-refractivity contribution in [2.45, 2.75) is 18.9 Å². The van der Waals surface area contributed by atoms with E-state index in [4.69, 9.17) is 4.99 Å². The number of halogens is 1. The summed E-state index contributed by atoms with van der Waals surface area (Å²) in [6.45, 7) is 0. The number of hydrogen-bond donors (Lipinski definition) is 0. The molecule has 3 heterocycles. The van der Waals surface area contributed by atoms with Crippen molar-refractivity contribution in [3.05, 3.63) is 119 Å². The summed E-state index contributed by atoms with van der Waals surface area (Å²) in [5.41, 5.74) is 5.45. The van der Waals surface area contributed by atoms with Crippen LogP contribution in [-0.4, -0.2) is 4.57 Å². The van der Waals surface area contributed by atoms with E-state index in [1.54, 1.807) is 23.5 Å². The molecule has 152 valence electrons. The second-order valence-electron chi connectivity index (χ2n) is 7.68. The smallest absolute Gasteiger partial charge is 0.271 e. The van der Waals surface area contributed by atoms with Crippen molar-refractivity contribution in [1.82, 2.24) is 4.57 Å². The number of hydrogen-bond acceptors (Lipinski definition) is 4. The van der Waals surface area contributed by atoms with Crippen LogP contribution in [0.2, 0.25) is 0 Å². The number of aryl methyl sites for hydroxylation is 1. The van der Waals surface area contributed by atoms with Crippen LogP contribution in [0.5, 0.6) is 0 Å². The van der Waals surface area contributed by atoms with Gasteiger partial charge in [0.2, 0.25) is 0 Å². The number of thiophene rings is 1. The van der Waals surface area contributed by atoms with Gasteiger partial charge < -0.3 is 0 Å². The molecule has 0 bridgehead atoms. The van der Waals surface area contributed by atoms with Gasteiger partial charge in [0.1, 0.15) is 5.82 Å². The quantitative estimate of drug-likeness (QED) is 0.448. The highest BCUT2D eigenvalue weighted by atomic mass is 32.1. The molecule has 1 aliphatic heterocycles. The van der Waals surface area contributed by atoms with Crippen LogP contribution >= 0.6 is 22.7 Å². The van der Waals surface area contributed by atoms with Crippen LogP contribution in [0.1, 0.15) is 34.0 Å². The van der Waals surface area contributed by atoms with E-state index in [1.165, 1.54) is 40.2 Å². The Morgan fingerprint density at radius 3 is 2.68 bits per heavy atom. The highest BCUT2D eigenvalue weighted by molar-refractivity contribution is 7.10. The van der Waals surface area contributed by atoms with Gasteiger partial charge in [-0.2, -0.15) is 0 Å². The third-order valence-electron chi connectivity index (χ3n) is 5.85. The number of nitrogens with zero attached hydrogens (tertiary/aromatic N) is 2. The predicted octanol–water partition coefficient (Wildman–Crippen LogP) is 4.52. The standard InChI is InChI=1S/C25H17FN2OS2/c26-17-10-7-15(8-11-17)14-21-24(29)28-23(20-6-3-13-30-20)19-12-9-16-4-1-2-5-18(16)22(19)27-25(28)31-21/h1-8,10-11,13-14,23H,9,12H2/b21-14+/t23-/m1/s1. The largest absolute Gasteiger partial charge is 0.271 e. The SMILES string of the molecule is O=c1/c(=C\c2ccc(F)cc2)sc2n1[C@@H](c1cccs1)C1=C(N=2)c2ccccc2CC1. The van der Waals surface area contributed by atoms with Gasteiger partial charge in [-0.15, -0.1) is 11.3 Å². The minimum atomic E-state index is -0.289. The van der Waals surface area contributed by atoms with Crippen molar-refractivity contribution in [2.75, 3.05) is 0 Å². The zero-order valence-electron chi connectivity index (χ0n) is 16.4. The van der Waals surface area contributed by atoms with Gasteiger partial charge in [-0.1, -0.05) is 53.8 Å². The third kappa shape index (κ3) is 3.06. The Morgan fingerprint density at radius 1 is 1.03 bits per heavy atom. The Labute approximate surface area is 185 Å². The Bertz CT molecular complexity index is 1510. The van der Waals surface area contributed by atoms with Crippen LogP contribution in [0.15, 0.2) is 81.4 Å². The fourth-order valence-corrected chi connectivity index (χ4v) is 6.28. The topological polar surface area (TPSA) is 34.4 Å². The Balaban J connectivity index is 1.62. The fourth-order valence-electron chi connectivity index (χ4n) is 4.43. The molecule has 0 amide bonds. The molecule has 2 aromatic heterocycles. The molecule has 0 N–H and O–H groups in total. The van der Waals surface area contributed by atoms with Gasteiger partial charge in [0.05, 0.1) is 16.3 Å². The number of aromatic nitrogens is 1. The average Bonchev–Trinajstić information content (AvgIpc) is 3.43. The summed E-state index contributed by atoms with van der Waals surface area (Å²) >= 11 is 3.07. The van der Waals surface area contributed by atoms with E-state index in [0.29, 0.717) is 9.33 Å². The maximum Gasteiger partial charge on any atom is 0.271 e. The first-order valence-electron chi connectivity index (χ1n) is 10.1. The number of rotatable bonds is 2. The zero-order valence-corrected chi connectivity index (χ0v) is 18.0. The van der Waals surface area contributed by atoms with Gasteiger partial charge in [0, 0.05) is 10.4 Å². The molecule has 0 fully saturated rings. The summed E-state index contributed by atoms with van der Waals surface area (Å²) in [5.74, 6) is -0.289. The molecular weight excluding hydrogens is 427 g/mol. The summed E-state index contributed by atoms with van der Waals surface area (Å²) in [7, 11) is 0. The van der Waals surface area contributed by atoms with Crippen molar-refractivity contribution < 1.29 is 4.39 Å². The molecule has 0 spiro atoms. The van der Waals surface area contributed by atoms with E-state index in [9.17, 15) is 9.18 Å². The Hall–Kier alpha value is -3.09. The fraction of sp³-hybridized carbons (Fsp3) is 0.120. The van der Waals surface area contributed by atoms with Crippen molar-refractivity contribution in [2.24, 2.45) is 4.99 Å². The van der Waals surface area contributed by atoms with Gasteiger partial charge in [-0.25, -0.2) is 9.38 Å². The molecular formula is C25H17FN2OS2. The van der Waals surface area contributed by atoms with Gasteiger partial charge in [-0.3, -0.25) is 9.36 Å². The zero-order chi connectivity index (χ0) is 20.9. The predicted molar refractivity (Wildman–Crippen MR) is 123 cm³/mol. The number of benzene rings is 2. The number of thiazole rings is 1. The summed E-state index contributed by atoms with van der Waals surface area (Å²) in [4.78, 5) is 20.4. The van der Waals surface area contributed by atoms with Crippen molar-refractivity contribution in [3.8, 4) is 0 Å². The molecule has 3 nitrogen and oxygen atoms in total. The Kier molecular flexibility index (Phi) is 4.37. The van der Waals surface area contributed by atoms with E-state index in [2.05, 4.69) is 29.6 Å². The lowest BCUT2D eigenvalue weighted by atomic mass is 9.85. The molecule has 2 aliphatic rings. The van der Waals surface area contributed by atoms with Gasteiger partial charge in [-0.05, 0) is 59.2 Å². The van der Waals surface area contributed by atoms with Crippen molar-refractivity contribution >= 4 is 34.4 Å². The average molecular weight is 445 g/mol. The van der Waals surface area contributed by atoms with E-state index in [1.807, 2.05) is 22.8 Å². The van der Waals surface area contributed by atoms with E-state index < -0.39 is 0 Å². The lowest BCUT2D eigenvalue weighted by molar-refractivity contribution is 0.593. The lowest BCUT2D eigenvalue weighted by Crippen LogP contribution is -2.38. The second-order valence-corrected chi connectivity index (χ2v) is 9.67. The van der Waals surface area contributed by atoms with Crippen LogP contribution < -0.4 is 14.9 Å². The van der Waals surface area contributed by atoms with Crippen molar-refractivity contribution in [3.63, 3.8) is 0 Å². The molecule has 0 saturated heterocycles. The third-order valence-corrected chi connectivity index (χ3v) is 7.76. The van der Waals surface area contributed by atoms with Crippen LogP contribution in [0.3, 0.4) is 0 Å². The molecule has 1 aliphatic carbocycles. The first-order valence-corrected chi connectivity index (χ1v) is 11.8. The van der Waals surface area contributed by atoms with Crippen molar-refractivity contribution in [1.29, 1.82) is 0 Å². The van der Waals surface area contributed by atoms with Gasteiger partial charge >= 0.3 is 0 Å². The molecule has 6 rings (SSSR count). The maximum absolute atomic E-state index is 13.5. The highest BCUT2D eigenvalue weighted by Gasteiger charge is 2.32. The number of allylic oxidation sites excluding steroid dienone is 1. The number of fused-ring (bicyclic) bond motifs is 3. The Morgan fingerprint density at radius 2 is 1.87 bits per heavy atom.